The fraction of sp³-hybridized carbons (Fsp3) is 0.429. The zero-order chi connectivity index (χ0) is 16.2. The third-order valence-electron chi connectivity index (χ3n) is 3.38. The molecule has 1 aliphatic heterocycles. The van der Waals surface area contributed by atoms with E-state index in [0.717, 1.165) is 21.9 Å². The molecule has 0 aliphatic carbocycles. The van der Waals surface area contributed by atoms with Crippen molar-refractivity contribution in [2.75, 3.05) is 31.2 Å². The second-order valence-corrected chi connectivity index (χ2v) is 7.48. The number of thiazole rings is 1. The maximum Gasteiger partial charge on any atom is 0.270 e. The first kappa shape index (κ1) is 16.3. The molecule has 3 heterocycles. The lowest BCUT2D eigenvalue weighted by molar-refractivity contribution is 0.0934. The lowest BCUT2D eigenvalue weighted by Gasteiger charge is -2.26. The van der Waals surface area contributed by atoms with Gasteiger partial charge in [-0.2, -0.15) is 0 Å². The minimum atomic E-state index is -0.235. The summed E-state index contributed by atoms with van der Waals surface area (Å²) in [5.41, 5.74) is 0.351. The van der Waals surface area contributed by atoms with Crippen LogP contribution in [0.4, 0.5) is 5.95 Å². The first-order valence-corrected chi connectivity index (χ1v) is 8.82. The number of carbonyl (C=O) groups is 1. The van der Waals surface area contributed by atoms with Gasteiger partial charge in [-0.1, -0.05) is 0 Å². The normalized spacial score (nSPS) is 16.2. The number of rotatable bonds is 4. The summed E-state index contributed by atoms with van der Waals surface area (Å²) >= 11 is 4.87. The van der Waals surface area contributed by atoms with Gasteiger partial charge in [0.25, 0.3) is 5.91 Å². The van der Waals surface area contributed by atoms with Crippen LogP contribution in [0.25, 0.3) is 0 Å². The highest BCUT2D eigenvalue weighted by molar-refractivity contribution is 9.11. The molecule has 1 aliphatic rings. The molecule has 0 bridgehead atoms. The van der Waals surface area contributed by atoms with Crippen LogP contribution in [-0.2, 0) is 4.74 Å². The van der Waals surface area contributed by atoms with E-state index < -0.39 is 0 Å². The van der Waals surface area contributed by atoms with Crippen molar-refractivity contribution in [2.24, 2.45) is 0 Å². The molecule has 0 spiro atoms. The first-order chi connectivity index (χ1) is 11.1. The number of nitrogens with one attached hydrogen (secondary N) is 1. The van der Waals surface area contributed by atoms with Gasteiger partial charge in [-0.25, -0.2) is 15.0 Å². The molecule has 2 aromatic heterocycles. The average Bonchev–Trinajstić information content (AvgIpc) is 3.02. The molecule has 0 aromatic carbocycles. The van der Waals surface area contributed by atoms with Crippen molar-refractivity contribution in [3.8, 4) is 0 Å². The SMILES string of the molecule is C[C@@H](NC(=O)c1ccnc(N2CCOCC2)n1)c1ncc(Br)s1. The van der Waals surface area contributed by atoms with E-state index in [4.69, 9.17) is 4.74 Å². The summed E-state index contributed by atoms with van der Waals surface area (Å²) in [6, 6.07) is 1.43. The summed E-state index contributed by atoms with van der Waals surface area (Å²) in [4.78, 5) is 27.3. The zero-order valence-corrected chi connectivity index (χ0v) is 14.9. The number of carbonyl (C=O) groups excluding carboxylic acids is 1. The van der Waals surface area contributed by atoms with E-state index in [2.05, 4.69) is 36.2 Å². The van der Waals surface area contributed by atoms with Gasteiger partial charge >= 0.3 is 0 Å². The summed E-state index contributed by atoms with van der Waals surface area (Å²) in [5, 5.41) is 3.75. The Kier molecular flexibility index (Phi) is 5.19. The highest BCUT2D eigenvalue weighted by atomic mass is 79.9. The molecule has 1 saturated heterocycles. The average molecular weight is 398 g/mol. The van der Waals surface area contributed by atoms with E-state index in [0.29, 0.717) is 24.9 Å². The molecule has 0 unspecified atom stereocenters. The highest BCUT2D eigenvalue weighted by Gasteiger charge is 2.18. The Balaban J connectivity index is 1.69. The maximum absolute atomic E-state index is 12.4. The molecule has 0 radical (unpaired) electrons. The second kappa shape index (κ2) is 7.33. The van der Waals surface area contributed by atoms with Crippen molar-refractivity contribution in [1.29, 1.82) is 0 Å². The van der Waals surface area contributed by atoms with E-state index in [1.807, 2.05) is 11.8 Å². The predicted octanol–water partition coefficient (Wildman–Crippen LogP) is 2.02. The number of aromatic nitrogens is 3. The third kappa shape index (κ3) is 4.04. The largest absolute Gasteiger partial charge is 0.378 e. The van der Waals surface area contributed by atoms with Gasteiger partial charge in [0.05, 0.1) is 29.2 Å². The highest BCUT2D eigenvalue weighted by Crippen LogP contribution is 2.24. The van der Waals surface area contributed by atoms with Gasteiger partial charge in [0.1, 0.15) is 10.7 Å². The Bertz CT molecular complexity index is 689. The molecule has 2 aromatic rings. The van der Waals surface area contributed by atoms with Crippen LogP contribution in [0.3, 0.4) is 0 Å². The Hall–Kier alpha value is -1.58. The lowest BCUT2D eigenvalue weighted by Crippen LogP contribution is -2.37. The molecule has 1 N–H and O–H groups in total. The van der Waals surface area contributed by atoms with E-state index in [1.165, 1.54) is 11.3 Å². The van der Waals surface area contributed by atoms with Gasteiger partial charge < -0.3 is 15.0 Å². The summed E-state index contributed by atoms with van der Waals surface area (Å²) in [6.45, 7) is 4.65. The molecule has 9 heteroatoms. The summed E-state index contributed by atoms with van der Waals surface area (Å²) in [5.74, 6) is 0.325. The Labute approximate surface area is 146 Å². The second-order valence-electron chi connectivity index (χ2n) is 5.04. The third-order valence-corrected chi connectivity index (χ3v) is 5.04. The predicted molar refractivity (Wildman–Crippen MR) is 90.8 cm³/mol. The van der Waals surface area contributed by atoms with Crippen LogP contribution < -0.4 is 10.2 Å². The number of morpholine rings is 1. The minimum absolute atomic E-state index is 0.180. The molecule has 1 fully saturated rings. The van der Waals surface area contributed by atoms with Crippen molar-refractivity contribution < 1.29 is 9.53 Å². The minimum Gasteiger partial charge on any atom is -0.378 e. The number of ether oxygens (including phenoxy) is 1. The Morgan fingerprint density at radius 1 is 1.43 bits per heavy atom. The Morgan fingerprint density at radius 2 is 2.22 bits per heavy atom. The number of hydrogen-bond donors (Lipinski definition) is 1. The van der Waals surface area contributed by atoms with Crippen molar-refractivity contribution in [2.45, 2.75) is 13.0 Å². The van der Waals surface area contributed by atoms with Gasteiger partial charge in [0.2, 0.25) is 5.95 Å². The molecule has 1 amide bonds. The number of amides is 1. The molecule has 1 atom stereocenters. The fourth-order valence-corrected chi connectivity index (χ4v) is 3.44. The zero-order valence-electron chi connectivity index (χ0n) is 12.5. The maximum atomic E-state index is 12.4. The standard InChI is InChI=1S/C14H16BrN5O2S/c1-9(13-17-8-11(15)23-13)18-12(21)10-2-3-16-14(19-10)20-4-6-22-7-5-20/h2-3,8-9H,4-7H2,1H3,(H,18,21)/t9-/m1/s1. The van der Waals surface area contributed by atoms with Gasteiger partial charge in [-0.15, -0.1) is 11.3 Å². The molecule has 23 heavy (non-hydrogen) atoms. The van der Waals surface area contributed by atoms with Crippen LogP contribution in [0.1, 0.15) is 28.5 Å². The van der Waals surface area contributed by atoms with Crippen LogP contribution in [0.5, 0.6) is 0 Å². The molecular formula is C14H16BrN5O2S. The number of nitrogens with zero attached hydrogens (tertiary/aromatic N) is 4. The van der Waals surface area contributed by atoms with E-state index in [-0.39, 0.29) is 11.9 Å². The first-order valence-electron chi connectivity index (χ1n) is 7.21. The van der Waals surface area contributed by atoms with Gasteiger partial charge in [-0.3, -0.25) is 4.79 Å². The molecule has 122 valence electrons. The summed E-state index contributed by atoms with van der Waals surface area (Å²) in [7, 11) is 0. The van der Waals surface area contributed by atoms with E-state index >= 15 is 0 Å². The number of hydrogen-bond acceptors (Lipinski definition) is 7. The molecular weight excluding hydrogens is 382 g/mol. The van der Waals surface area contributed by atoms with Crippen LogP contribution in [0.15, 0.2) is 22.2 Å². The smallest absolute Gasteiger partial charge is 0.270 e. The van der Waals surface area contributed by atoms with Gasteiger partial charge in [-0.05, 0) is 28.9 Å². The van der Waals surface area contributed by atoms with Crippen molar-refractivity contribution >= 4 is 39.1 Å². The number of halogens is 1. The van der Waals surface area contributed by atoms with Crippen LogP contribution in [0.2, 0.25) is 0 Å². The van der Waals surface area contributed by atoms with Crippen LogP contribution >= 0.6 is 27.3 Å². The van der Waals surface area contributed by atoms with Gasteiger partial charge in [0, 0.05) is 19.3 Å². The fourth-order valence-electron chi connectivity index (χ4n) is 2.19. The van der Waals surface area contributed by atoms with Crippen LogP contribution in [-0.4, -0.2) is 47.2 Å². The number of anilines is 1. The van der Waals surface area contributed by atoms with Crippen molar-refractivity contribution in [1.82, 2.24) is 20.3 Å². The monoisotopic (exact) mass is 397 g/mol. The molecule has 0 saturated carbocycles. The molecule has 3 rings (SSSR count). The van der Waals surface area contributed by atoms with E-state index in [9.17, 15) is 4.79 Å². The van der Waals surface area contributed by atoms with Crippen molar-refractivity contribution in [3.63, 3.8) is 0 Å². The Morgan fingerprint density at radius 3 is 2.91 bits per heavy atom. The van der Waals surface area contributed by atoms with E-state index in [1.54, 1.807) is 18.5 Å². The van der Waals surface area contributed by atoms with Gasteiger partial charge in [0.15, 0.2) is 0 Å². The van der Waals surface area contributed by atoms with Crippen LogP contribution in [0, 0.1) is 0 Å². The topological polar surface area (TPSA) is 80.2 Å². The lowest BCUT2D eigenvalue weighted by atomic mass is 10.3. The quantitative estimate of drug-likeness (QED) is 0.849. The summed E-state index contributed by atoms with van der Waals surface area (Å²) in [6.07, 6.45) is 3.33. The summed E-state index contributed by atoms with van der Waals surface area (Å²) < 4.78 is 6.25. The molecule has 7 nitrogen and oxygen atoms in total. The van der Waals surface area contributed by atoms with Crippen molar-refractivity contribution in [3.05, 3.63) is 32.9 Å².